The Hall–Kier alpha value is -1.51. The van der Waals surface area contributed by atoms with Gasteiger partial charge in [-0.05, 0) is 38.0 Å². The van der Waals surface area contributed by atoms with E-state index in [0.29, 0.717) is 26.2 Å². The highest BCUT2D eigenvalue weighted by molar-refractivity contribution is 7.89. The van der Waals surface area contributed by atoms with Gasteiger partial charge in [0.25, 0.3) is 0 Å². The van der Waals surface area contributed by atoms with Crippen molar-refractivity contribution in [3.05, 3.63) is 30.1 Å². The van der Waals surface area contributed by atoms with Crippen molar-refractivity contribution < 1.29 is 17.6 Å². The second-order valence-corrected chi connectivity index (χ2v) is 9.35. The zero-order valence-electron chi connectivity index (χ0n) is 15.7. The molecular weight excluding hydrogens is 369 g/mol. The highest BCUT2D eigenvalue weighted by Gasteiger charge is 2.32. The molecular formula is C19H28FN3O3S. The summed E-state index contributed by atoms with van der Waals surface area (Å²) >= 11 is 0. The quantitative estimate of drug-likeness (QED) is 0.825. The molecule has 0 radical (unpaired) electrons. The summed E-state index contributed by atoms with van der Waals surface area (Å²) in [6, 6.07) is 5.06. The minimum absolute atomic E-state index is 0.0170. The first-order valence-electron chi connectivity index (χ1n) is 9.68. The Bertz CT molecular complexity index is 757. The van der Waals surface area contributed by atoms with Crippen LogP contribution in [0.1, 0.15) is 39.0 Å². The van der Waals surface area contributed by atoms with E-state index >= 15 is 0 Å². The maximum absolute atomic E-state index is 13.4. The van der Waals surface area contributed by atoms with Gasteiger partial charge in [0.15, 0.2) is 0 Å². The van der Waals surface area contributed by atoms with E-state index in [-0.39, 0.29) is 22.9 Å². The van der Waals surface area contributed by atoms with Crippen LogP contribution in [0, 0.1) is 5.82 Å². The third kappa shape index (κ3) is 4.86. The van der Waals surface area contributed by atoms with E-state index in [9.17, 15) is 17.6 Å². The summed E-state index contributed by atoms with van der Waals surface area (Å²) in [4.78, 5) is 14.5. The second-order valence-electron chi connectivity index (χ2n) is 7.42. The Morgan fingerprint density at radius 1 is 1.15 bits per heavy atom. The molecule has 1 amide bonds. The van der Waals surface area contributed by atoms with E-state index in [4.69, 9.17) is 0 Å². The molecule has 150 valence electrons. The Morgan fingerprint density at radius 3 is 2.44 bits per heavy atom. The van der Waals surface area contributed by atoms with Crippen LogP contribution in [0.3, 0.4) is 0 Å². The minimum atomic E-state index is -3.71. The van der Waals surface area contributed by atoms with Crippen molar-refractivity contribution in [2.45, 2.75) is 56.0 Å². The number of sulfonamides is 1. The maximum Gasteiger partial charge on any atom is 0.243 e. The van der Waals surface area contributed by atoms with Crippen LogP contribution in [0.4, 0.5) is 4.39 Å². The number of rotatable bonds is 5. The summed E-state index contributed by atoms with van der Waals surface area (Å²) < 4.78 is 40.1. The van der Waals surface area contributed by atoms with Crippen molar-refractivity contribution in [3.63, 3.8) is 0 Å². The number of nitrogens with one attached hydrogen (secondary N) is 1. The molecule has 6 nitrogen and oxygen atoms in total. The lowest BCUT2D eigenvalue weighted by Gasteiger charge is -2.37. The summed E-state index contributed by atoms with van der Waals surface area (Å²) in [7, 11) is -3.71. The van der Waals surface area contributed by atoms with Crippen LogP contribution in [-0.4, -0.2) is 61.8 Å². The van der Waals surface area contributed by atoms with Crippen molar-refractivity contribution in [1.82, 2.24) is 14.5 Å². The van der Waals surface area contributed by atoms with Gasteiger partial charge in [-0.3, -0.25) is 9.69 Å². The van der Waals surface area contributed by atoms with Crippen molar-refractivity contribution in [3.8, 4) is 0 Å². The zero-order valence-corrected chi connectivity index (χ0v) is 16.5. The summed E-state index contributed by atoms with van der Waals surface area (Å²) in [6.45, 7) is 3.41. The Kier molecular flexibility index (Phi) is 6.49. The molecule has 1 aliphatic heterocycles. The Balaban J connectivity index is 1.55. The number of carbonyl (C=O) groups is 1. The van der Waals surface area contributed by atoms with Gasteiger partial charge in [0.2, 0.25) is 15.9 Å². The standard InChI is InChI=1S/C19H28FN3O3S/c1-15(19(24)21-17-7-3-2-4-8-17)22-10-12-23(13-11-22)27(25,26)18-9-5-6-16(20)14-18/h5-6,9,14-15,17H,2-4,7-8,10-13H2,1H3,(H,21,24)/t15-/m0/s1. The monoisotopic (exact) mass is 397 g/mol. The van der Waals surface area contributed by atoms with Gasteiger partial charge in [0.05, 0.1) is 10.9 Å². The molecule has 2 fully saturated rings. The predicted molar refractivity (Wildman–Crippen MR) is 101 cm³/mol. The smallest absolute Gasteiger partial charge is 0.243 e. The third-order valence-corrected chi connectivity index (χ3v) is 7.48. The van der Waals surface area contributed by atoms with Crippen LogP contribution in [0.5, 0.6) is 0 Å². The van der Waals surface area contributed by atoms with Gasteiger partial charge in [0, 0.05) is 32.2 Å². The Labute approximate surface area is 160 Å². The molecule has 2 aliphatic rings. The molecule has 1 saturated carbocycles. The molecule has 1 saturated heterocycles. The van der Waals surface area contributed by atoms with Gasteiger partial charge in [0.1, 0.15) is 5.82 Å². The number of piperazine rings is 1. The molecule has 1 aromatic carbocycles. The fourth-order valence-corrected chi connectivity index (χ4v) is 5.30. The van der Waals surface area contributed by atoms with Crippen molar-refractivity contribution in [2.75, 3.05) is 26.2 Å². The molecule has 0 unspecified atom stereocenters. The lowest BCUT2D eigenvalue weighted by Crippen LogP contribution is -2.55. The predicted octanol–water partition coefficient (Wildman–Crippen LogP) is 1.97. The average molecular weight is 398 g/mol. The normalized spacial score (nSPS) is 21.7. The first-order chi connectivity index (χ1) is 12.9. The van der Waals surface area contributed by atoms with Crippen LogP contribution in [0.15, 0.2) is 29.2 Å². The maximum atomic E-state index is 13.4. The highest BCUT2D eigenvalue weighted by Crippen LogP contribution is 2.20. The first kappa shape index (κ1) is 20.2. The summed E-state index contributed by atoms with van der Waals surface area (Å²) in [5.41, 5.74) is 0. The van der Waals surface area contributed by atoms with E-state index in [1.54, 1.807) is 0 Å². The van der Waals surface area contributed by atoms with Gasteiger partial charge in [-0.2, -0.15) is 4.31 Å². The van der Waals surface area contributed by atoms with Crippen LogP contribution in [0.25, 0.3) is 0 Å². The topological polar surface area (TPSA) is 69.7 Å². The van der Waals surface area contributed by atoms with Gasteiger partial charge in [-0.1, -0.05) is 25.3 Å². The largest absolute Gasteiger partial charge is 0.352 e. The number of benzene rings is 1. The van der Waals surface area contributed by atoms with Gasteiger partial charge < -0.3 is 5.32 Å². The number of nitrogens with zero attached hydrogens (tertiary/aromatic N) is 2. The van der Waals surface area contributed by atoms with E-state index in [0.717, 1.165) is 31.7 Å². The third-order valence-electron chi connectivity index (χ3n) is 5.59. The number of hydrogen-bond donors (Lipinski definition) is 1. The molecule has 1 atom stereocenters. The Morgan fingerprint density at radius 2 is 1.81 bits per heavy atom. The fourth-order valence-electron chi connectivity index (χ4n) is 3.84. The molecule has 0 spiro atoms. The fraction of sp³-hybridized carbons (Fsp3) is 0.632. The number of halogens is 1. The van der Waals surface area contributed by atoms with E-state index in [1.165, 1.54) is 28.9 Å². The van der Waals surface area contributed by atoms with Gasteiger partial charge in [-0.15, -0.1) is 0 Å². The minimum Gasteiger partial charge on any atom is -0.352 e. The summed E-state index contributed by atoms with van der Waals surface area (Å²) in [5, 5.41) is 3.14. The molecule has 1 aliphatic carbocycles. The van der Waals surface area contributed by atoms with Crippen LogP contribution in [-0.2, 0) is 14.8 Å². The number of hydrogen-bond acceptors (Lipinski definition) is 4. The lowest BCUT2D eigenvalue weighted by atomic mass is 9.95. The second kappa shape index (κ2) is 8.67. The lowest BCUT2D eigenvalue weighted by molar-refractivity contribution is -0.127. The van der Waals surface area contributed by atoms with E-state index in [1.807, 2.05) is 11.8 Å². The van der Waals surface area contributed by atoms with E-state index < -0.39 is 15.8 Å². The number of carbonyl (C=O) groups excluding carboxylic acids is 1. The van der Waals surface area contributed by atoms with Crippen molar-refractivity contribution >= 4 is 15.9 Å². The summed E-state index contributed by atoms with van der Waals surface area (Å²) in [5.74, 6) is -0.550. The highest BCUT2D eigenvalue weighted by atomic mass is 32.2. The van der Waals surface area contributed by atoms with Gasteiger partial charge >= 0.3 is 0 Å². The molecule has 3 rings (SSSR count). The average Bonchev–Trinajstić information content (AvgIpc) is 2.68. The number of amides is 1. The summed E-state index contributed by atoms with van der Waals surface area (Å²) in [6.07, 6.45) is 5.64. The van der Waals surface area contributed by atoms with Crippen LogP contribution in [0.2, 0.25) is 0 Å². The van der Waals surface area contributed by atoms with E-state index in [2.05, 4.69) is 5.32 Å². The van der Waals surface area contributed by atoms with Gasteiger partial charge in [-0.25, -0.2) is 12.8 Å². The molecule has 0 bridgehead atoms. The first-order valence-corrected chi connectivity index (χ1v) is 11.1. The molecule has 27 heavy (non-hydrogen) atoms. The molecule has 0 aromatic heterocycles. The molecule has 1 N–H and O–H groups in total. The van der Waals surface area contributed by atoms with Crippen LogP contribution >= 0.6 is 0 Å². The SMILES string of the molecule is C[C@@H](C(=O)NC1CCCCC1)N1CCN(S(=O)(=O)c2cccc(F)c2)CC1. The van der Waals surface area contributed by atoms with Crippen molar-refractivity contribution in [2.24, 2.45) is 0 Å². The molecule has 1 heterocycles. The zero-order chi connectivity index (χ0) is 19.4. The molecule has 8 heteroatoms. The van der Waals surface area contributed by atoms with Crippen molar-refractivity contribution in [1.29, 1.82) is 0 Å². The van der Waals surface area contributed by atoms with Crippen LogP contribution < -0.4 is 5.32 Å². The molecule has 1 aromatic rings.